The first-order valence-corrected chi connectivity index (χ1v) is 10.2. The topological polar surface area (TPSA) is 27.7 Å². The van der Waals surface area contributed by atoms with E-state index in [1.807, 2.05) is 20.8 Å². The van der Waals surface area contributed by atoms with E-state index in [4.69, 9.17) is 9.96 Å². The first kappa shape index (κ1) is 17.1. The molecule has 1 aliphatic carbocycles. The molecule has 0 radical (unpaired) electrons. The molecule has 0 fully saturated rings. The van der Waals surface area contributed by atoms with Crippen molar-refractivity contribution < 1.29 is 27.7 Å². The van der Waals surface area contributed by atoms with Crippen molar-refractivity contribution in [3.8, 4) is 0 Å². The average Bonchev–Trinajstić information content (AvgIpc) is 2.88. The Bertz CT molecular complexity index is 319. The number of allylic oxidation sites excluding steroid dienone is 4. The summed E-state index contributed by atoms with van der Waals surface area (Å²) in [6.07, 6.45) is 6.51. The van der Waals surface area contributed by atoms with Gasteiger partial charge in [-0.3, -0.25) is 0 Å². The second-order valence-corrected chi connectivity index (χ2v) is 8.74. The fraction of sp³-hybridized carbons (Fsp3) is 0.733. The third-order valence-corrected chi connectivity index (χ3v) is 8.54. The Hall–Kier alpha value is 0.0743. The Morgan fingerprint density at radius 1 is 1.05 bits per heavy atom. The van der Waals surface area contributed by atoms with Crippen molar-refractivity contribution >= 4 is 0 Å². The Labute approximate surface area is 122 Å². The van der Waals surface area contributed by atoms with Gasteiger partial charge in [0.05, 0.1) is 0 Å². The minimum absolute atomic E-state index is 0.542. The van der Waals surface area contributed by atoms with Gasteiger partial charge in [-0.1, -0.05) is 0 Å². The van der Waals surface area contributed by atoms with Crippen LogP contribution in [0.15, 0.2) is 21.6 Å². The molecule has 1 rings (SSSR count). The van der Waals surface area contributed by atoms with Gasteiger partial charge in [0.15, 0.2) is 0 Å². The summed E-state index contributed by atoms with van der Waals surface area (Å²) in [7, 11) is 0. The third-order valence-electron chi connectivity index (χ3n) is 3.48. The van der Waals surface area contributed by atoms with Crippen LogP contribution in [0.5, 0.6) is 0 Å². The zero-order chi connectivity index (χ0) is 14.3. The van der Waals surface area contributed by atoms with Crippen molar-refractivity contribution in [2.24, 2.45) is 5.92 Å². The minimum atomic E-state index is -3.28. The molecule has 0 spiro atoms. The zero-order valence-electron chi connectivity index (χ0n) is 13.0. The fourth-order valence-electron chi connectivity index (χ4n) is 2.46. The standard InChI is InChI=1S/C9H13.3C2H5O.Ti/c1-3-8(2)9-6-4-5-7-9;3*1-2-3;/h4,6,8H,3,5H2,1-2H3;3*2H2,1H3;/q;3*-1;+3. The van der Waals surface area contributed by atoms with Crippen LogP contribution in [0.1, 0.15) is 47.5 Å². The first-order valence-electron chi connectivity index (χ1n) is 7.46. The van der Waals surface area contributed by atoms with Gasteiger partial charge in [0.1, 0.15) is 0 Å². The van der Waals surface area contributed by atoms with Crippen molar-refractivity contribution in [1.82, 2.24) is 0 Å². The van der Waals surface area contributed by atoms with E-state index in [0.717, 1.165) is 12.8 Å². The zero-order valence-corrected chi connectivity index (χ0v) is 14.6. The van der Waals surface area contributed by atoms with Crippen molar-refractivity contribution in [2.75, 3.05) is 19.8 Å². The predicted octanol–water partition coefficient (Wildman–Crippen LogP) is 4.25. The van der Waals surface area contributed by atoms with E-state index < -0.39 is 17.8 Å². The Morgan fingerprint density at radius 2 is 1.58 bits per heavy atom. The summed E-state index contributed by atoms with van der Waals surface area (Å²) in [5, 5.41) is 0. The summed E-state index contributed by atoms with van der Waals surface area (Å²) in [6, 6.07) is 0. The normalized spacial score (nSPS) is 17.3. The molecule has 0 bridgehead atoms. The van der Waals surface area contributed by atoms with Crippen LogP contribution < -0.4 is 0 Å². The van der Waals surface area contributed by atoms with Crippen molar-refractivity contribution in [3.63, 3.8) is 0 Å². The van der Waals surface area contributed by atoms with Crippen LogP contribution in [0.4, 0.5) is 0 Å². The van der Waals surface area contributed by atoms with Crippen LogP contribution in [0, 0.1) is 5.92 Å². The molecule has 1 aliphatic rings. The third kappa shape index (κ3) is 4.02. The van der Waals surface area contributed by atoms with E-state index in [2.05, 4.69) is 26.0 Å². The molecule has 1 atom stereocenters. The van der Waals surface area contributed by atoms with Crippen LogP contribution in [-0.4, -0.2) is 19.8 Å². The SMILES string of the molecule is CC[O][Ti]([O]CC)([O]CC)[C]1=C(C(C)CC)C=CC1. The monoisotopic (exact) mass is 304 g/mol. The van der Waals surface area contributed by atoms with Gasteiger partial charge >= 0.3 is 123 Å². The summed E-state index contributed by atoms with van der Waals surface area (Å²) in [4.78, 5) is 0. The molecule has 4 heteroatoms. The molecular formula is C15H28O3Ti. The average molecular weight is 304 g/mol. The van der Waals surface area contributed by atoms with Crippen LogP contribution in [0.25, 0.3) is 0 Å². The van der Waals surface area contributed by atoms with Gasteiger partial charge in [0.25, 0.3) is 0 Å². The molecule has 0 amide bonds. The molecule has 1 unspecified atom stereocenters. The van der Waals surface area contributed by atoms with Gasteiger partial charge in [-0.05, 0) is 0 Å². The van der Waals surface area contributed by atoms with Crippen molar-refractivity contribution in [2.45, 2.75) is 47.5 Å². The van der Waals surface area contributed by atoms with Crippen LogP contribution >= 0.6 is 0 Å². The van der Waals surface area contributed by atoms with E-state index in [0.29, 0.717) is 25.7 Å². The molecule has 110 valence electrons. The summed E-state index contributed by atoms with van der Waals surface area (Å²) in [5.41, 5.74) is 1.39. The second-order valence-electron chi connectivity index (χ2n) is 4.70. The van der Waals surface area contributed by atoms with Crippen molar-refractivity contribution in [3.05, 3.63) is 21.6 Å². The quantitative estimate of drug-likeness (QED) is 0.596. The molecule has 0 N–H and O–H groups in total. The molecule has 0 saturated carbocycles. The Kier molecular flexibility index (Phi) is 7.55. The molecule has 0 aromatic carbocycles. The van der Waals surface area contributed by atoms with Gasteiger partial charge in [-0.2, -0.15) is 0 Å². The maximum atomic E-state index is 6.06. The predicted molar refractivity (Wildman–Crippen MR) is 75.1 cm³/mol. The molecule has 3 nitrogen and oxygen atoms in total. The van der Waals surface area contributed by atoms with Crippen molar-refractivity contribution in [1.29, 1.82) is 0 Å². The number of hydrogen-bond acceptors (Lipinski definition) is 3. The number of rotatable bonds is 9. The van der Waals surface area contributed by atoms with Gasteiger partial charge in [0, 0.05) is 0 Å². The van der Waals surface area contributed by atoms with Gasteiger partial charge in [-0.25, -0.2) is 0 Å². The van der Waals surface area contributed by atoms with E-state index >= 15 is 0 Å². The van der Waals surface area contributed by atoms with Gasteiger partial charge < -0.3 is 0 Å². The van der Waals surface area contributed by atoms with Crippen LogP contribution in [-0.2, 0) is 27.7 Å². The molecule has 0 saturated heterocycles. The van der Waals surface area contributed by atoms with Gasteiger partial charge in [0.2, 0.25) is 0 Å². The van der Waals surface area contributed by atoms with Crippen LogP contribution in [0.2, 0.25) is 0 Å². The van der Waals surface area contributed by atoms with E-state index in [-0.39, 0.29) is 0 Å². The summed E-state index contributed by atoms with van der Waals surface area (Å²) >= 11 is -3.28. The number of hydrogen-bond donors (Lipinski definition) is 0. The molecular weight excluding hydrogens is 276 g/mol. The molecule has 0 aromatic heterocycles. The fourth-order valence-corrected chi connectivity index (χ4v) is 7.09. The van der Waals surface area contributed by atoms with E-state index in [9.17, 15) is 0 Å². The molecule has 0 aliphatic heterocycles. The van der Waals surface area contributed by atoms with Gasteiger partial charge in [-0.15, -0.1) is 0 Å². The van der Waals surface area contributed by atoms with E-state index in [1.54, 1.807) is 0 Å². The molecule has 19 heavy (non-hydrogen) atoms. The molecule has 0 aromatic rings. The second kappa shape index (κ2) is 8.38. The summed E-state index contributed by atoms with van der Waals surface area (Å²) in [5.74, 6) is 0.542. The first-order chi connectivity index (χ1) is 9.15. The van der Waals surface area contributed by atoms with E-state index in [1.165, 1.54) is 9.45 Å². The van der Waals surface area contributed by atoms with Crippen LogP contribution in [0.3, 0.4) is 0 Å². The Balaban J connectivity index is 3.14. The molecule has 0 heterocycles. The Morgan fingerprint density at radius 3 is 2.00 bits per heavy atom. The summed E-state index contributed by atoms with van der Waals surface area (Å²) in [6.45, 7) is 12.5. The summed E-state index contributed by atoms with van der Waals surface area (Å²) < 4.78 is 19.5. The maximum absolute atomic E-state index is 6.06.